The molecule has 0 aliphatic carbocycles. The van der Waals surface area contributed by atoms with Crippen LogP contribution in [0.1, 0.15) is 6.42 Å². The van der Waals surface area contributed by atoms with Gasteiger partial charge < -0.3 is 172 Å². The molecule has 6 rings (SSSR count). The first-order valence-corrected chi connectivity index (χ1v) is 24.2. The van der Waals surface area contributed by atoms with Gasteiger partial charge in [0.25, 0.3) is 0 Å². The topological polar surface area (TPSA) is 634 Å². The highest BCUT2D eigenvalue weighted by atomic mass is 127. The molecule has 0 aromatic heterocycles. The Balaban J connectivity index is 0.000000382. The number of carbonyl (C=O) groups is 1. The standard InChI is InChI=1S/C15H25IO11.C12H23NO10.C12H22O11.2H2O/c16-2-5(19)1-6-9(20)12(23)14(8(4-18)25-6)27-15-13(24)11(22)10(21)7(3-17)26-15;13-11-8(19)7(18)10(4(2-15)21-11)23-12-9(20)6(17)5(16)3(1-14)22-12;13-1-3-5(15)6(16)9(19)12(22-3)23-10-4(2-14)21-11(20)8(18)7(10)17;;/h6-15,17-18,20-24H,1-4H2;3-12,14-20H,1-2,13H2;3-20H,1-2H2;2*1H2/t6-,7?,8?,9?,10+,11-,12+,13?,14+,15+;3?,4?,5-,6+,7-,8?,9?,10-,11-,12-;3?,4?,5-,6+,7-,8?,9?,10-,11?,12-;;/m011../s1. The first-order chi connectivity index (χ1) is 34.4. The van der Waals surface area contributed by atoms with E-state index < -0.39 is 224 Å². The average molecular weight is 1230 g/mol. The fraction of sp³-hybridized carbons (Fsp3) is 0.974. The number of aliphatic hydroxyl groups excluding tert-OH is 22. The summed E-state index contributed by atoms with van der Waals surface area (Å²) in [5, 5.41) is 213. The summed E-state index contributed by atoms with van der Waals surface area (Å²) in [6, 6.07) is 0. The summed E-state index contributed by atoms with van der Waals surface area (Å²) in [4.78, 5) is 11.6. The van der Waals surface area contributed by atoms with Crippen LogP contribution in [0.15, 0.2) is 0 Å². The number of alkyl halides is 1. The van der Waals surface area contributed by atoms with Crippen molar-refractivity contribution in [1.82, 2.24) is 0 Å². The number of halogens is 1. The molecule has 0 aromatic rings. The van der Waals surface area contributed by atoms with Crippen LogP contribution >= 0.6 is 22.6 Å². The van der Waals surface area contributed by atoms with Gasteiger partial charge in [-0.3, -0.25) is 4.79 Å². The molecule has 0 radical (unpaired) electrons. The lowest BCUT2D eigenvalue weighted by Gasteiger charge is -2.46. The lowest BCUT2D eigenvalue weighted by Crippen LogP contribution is -2.65. The van der Waals surface area contributed by atoms with E-state index in [1.54, 1.807) is 0 Å². The summed E-state index contributed by atoms with van der Waals surface area (Å²) in [6.07, 6.45) is -44.5. The Hall–Kier alpha value is -0.960. The molecule has 0 bridgehead atoms. The van der Waals surface area contributed by atoms with Crippen molar-refractivity contribution in [3.05, 3.63) is 0 Å². The number of carbonyl (C=O) groups excluding carboxylic acids is 1. The molecular formula is C39H74INO34. The van der Waals surface area contributed by atoms with Crippen LogP contribution in [0.3, 0.4) is 0 Å². The van der Waals surface area contributed by atoms with Crippen LogP contribution < -0.4 is 5.73 Å². The lowest BCUT2D eigenvalue weighted by molar-refractivity contribution is -0.355. The van der Waals surface area contributed by atoms with Crippen molar-refractivity contribution in [3.63, 3.8) is 0 Å². The number of nitrogens with two attached hydrogens (primary N) is 1. The normalized spacial score (nSPS) is 48.1. The SMILES string of the molecule is N[C@@H]1OC(CO)[C@@H](O[C@H]2OC(CO)[C@@H](O)[C@H](O)C2O)[C@H](O)C1O.O.O.O=C(CI)C[C@@H]1OC(CO)[C@@H](O[C@H]2OC(CO)[C@@H](O)[C@H](O)C2O)[C@H](O)C1O.OCC1O[C@H](O[C@@H]2C(CO)OC(O)C(O)[C@H]2O)C(O)[C@@H](O)[C@@H]1O. The maximum absolute atomic E-state index is 11.6. The van der Waals surface area contributed by atoms with Crippen molar-refractivity contribution in [3.8, 4) is 0 Å². The van der Waals surface area contributed by atoms with Crippen molar-refractivity contribution in [2.45, 2.75) is 190 Å². The van der Waals surface area contributed by atoms with E-state index in [9.17, 15) is 107 Å². The summed E-state index contributed by atoms with van der Waals surface area (Å²) < 4.78 is 47.1. The molecule has 0 aromatic carbocycles. The largest absolute Gasteiger partial charge is 0.412 e. The van der Waals surface area contributed by atoms with Gasteiger partial charge in [0, 0.05) is 6.42 Å². The lowest BCUT2D eigenvalue weighted by atomic mass is 9.92. The van der Waals surface area contributed by atoms with Gasteiger partial charge in [0.2, 0.25) is 0 Å². The molecule has 36 heteroatoms. The van der Waals surface area contributed by atoms with Crippen LogP contribution in [0.5, 0.6) is 0 Å². The summed E-state index contributed by atoms with van der Waals surface area (Å²) in [7, 11) is 0. The number of rotatable bonds is 15. The fourth-order valence-corrected chi connectivity index (χ4v) is 8.61. The highest BCUT2D eigenvalue weighted by Crippen LogP contribution is 2.32. The molecule has 0 amide bonds. The molecule has 0 saturated carbocycles. The zero-order chi connectivity index (χ0) is 54.9. The van der Waals surface area contributed by atoms with Crippen LogP contribution in [0, 0.1) is 0 Å². The van der Waals surface area contributed by atoms with E-state index in [0.717, 1.165) is 0 Å². The molecule has 75 heavy (non-hydrogen) atoms. The van der Waals surface area contributed by atoms with Crippen molar-refractivity contribution >= 4 is 28.4 Å². The van der Waals surface area contributed by atoms with E-state index in [-0.39, 0.29) is 27.6 Å². The molecule has 446 valence electrons. The Labute approximate surface area is 438 Å². The first kappa shape index (κ1) is 70.1. The molecule has 6 aliphatic heterocycles. The molecule has 13 unspecified atom stereocenters. The maximum atomic E-state index is 11.6. The Kier molecular flexibility index (Phi) is 29.8. The van der Waals surface area contributed by atoms with E-state index in [1.807, 2.05) is 22.6 Å². The first-order valence-electron chi connectivity index (χ1n) is 22.6. The summed E-state index contributed by atoms with van der Waals surface area (Å²) in [6.45, 7) is -3.88. The molecule has 6 fully saturated rings. The molecule has 28 N–H and O–H groups in total. The van der Waals surface area contributed by atoms with Gasteiger partial charge in [-0.2, -0.15) is 0 Å². The van der Waals surface area contributed by atoms with E-state index in [4.69, 9.17) is 58.6 Å². The minimum atomic E-state index is -1.74. The number of ether oxygens (including phenoxy) is 9. The zero-order valence-electron chi connectivity index (χ0n) is 39.4. The van der Waals surface area contributed by atoms with Crippen LogP contribution in [0.4, 0.5) is 0 Å². The third-order valence-electron chi connectivity index (χ3n) is 12.7. The Bertz CT molecular complexity index is 1540. The zero-order valence-corrected chi connectivity index (χ0v) is 41.5. The smallest absolute Gasteiger partial charge is 0.187 e. The number of Topliss-reactive ketones (excluding diaryl/α,β-unsaturated/α-hetero) is 1. The summed E-state index contributed by atoms with van der Waals surface area (Å²) in [5.41, 5.74) is 5.46. The molecule has 35 nitrogen and oxygen atoms in total. The maximum Gasteiger partial charge on any atom is 0.187 e. The summed E-state index contributed by atoms with van der Waals surface area (Å²) >= 11 is 1.86. The fourth-order valence-electron chi connectivity index (χ4n) is 8.30. The third kappa shape index (κ3) is 16.6. The van der Waals surface area contributed by atoms with Gasteiger partial charge in [0.15, 0.2) is 25.2 Å². The van der Waals surface area contributed by atoms with E-state index in [1.165, 1.54) is 0 Å². The van der Waals surface area contributed by atoms with Gasteiger partial charge in [0.1, 0.15) is 159 Å². The van der Waals surface area contributed by atoms with E-state index in [2.05, 4.69) is 0 Å². The second-order valence-electron chi connectivity index (χ2n) is 17.7. The minimum Gasteiger partial charge on any atom is -0.412 e. The Morgan fingerprint density at radius 3 is 0.987 bits per heavy atom. The predicted molar refractivity (Wildman–Crippen MR) is 241 cm³/mol. The van der Waals surface area contributed by atoms with E-state index in [0.29, 0.717) is 0 Å². The molecule has 6 saturated heterocycles. The van der Waals surface area contributed by atoms with E-state index >= 15 is 0 Å². The number of aliphatic hydroxyl groups is 22. The second kappa shape index (κ2) is 31.9. The third-order valence-corrected chi connectivity index (χ3v) is 13.6. The van der Waals surface area contributed by atoms with Gasteiger partial charge in [0.05, 0.1) is 50.2 Å². The molecule has 6 heterocycles. The highest BCUT2D eigenvalue weighted by Gasteiger charge is 2.53. The van der Waals surface area contributed by atoms with Gasteiger partial charge in [-0.1, -0.05) is 22.6 Å². The number of hydrogen-bond acceptors (Lipinski definition) is 33. The van der Waals surface area contributed by atoms with Crippen molar-refractivity contribution in [2.75, 3.05) is 44.1 Å². The quantitative estimate of drug-likeness (QED) is 0.0535. The molecule has 0 spiro atoms. The van der Waals surface area contributed by atoms with Crippen LogP contribution in [-0.4, -0.2) is 357 Å². The second-order valence-corrected chi connectivity index (χ2v) is 18.4. The minimum absolute atomic E-state index is 0. The van der Waals surface area contributed by atoms with Crippen molar-refractivity contribution in [1.29, 1.82) is 0 Å². The highest BCUT2D eigenvalue weighted by molar-refractivity contribution is 14.1. The monoisotopic (exact) mass is 1230 g/mol. The van der Waals surface area contributed by atoms with Crippen LogP contribution in [0.2, 0.25) is 0 Å². The molecule has 30 atom stereocenters. The summed E-state index contributed by atoms with van der Waals surface area (Å²) in [5.74, 6) is -0.211. The van der Waals surface area contributed by atoms with Gasteiger partial charge in [-0.15, -0.1) is 0 Å². The predicted octanol–water partition coefficient (Wildman–Crippen LogP) is -16.4. The van der Waals surface area contributed by atoms with Gasteiger partial charge >= 0.3 is 0 Å². The van der Waals surface area contributed by atoms with Gasteiger partial charge in [-0.05, 0) is 0 Å². The van der Waals surface area contributed by atoms with Crippen molar-refractivity contribution < 1.29 is 171 Å². The average Bonchev–Trinajstić information content (AvgIpc) is 3.38. The van der Waals surface area contributed by atoms with Crippen LogP contribution in [-0.2, 0) is 47.4 Å². The van der Waals surface area contributed by atoms with Crippen LogP contribution in [0.25, 0.3) is 0 Å². The van der Waals surface area contributed by atoms with Crippen molar-refractivity contribution in [2.24, 2.45) is 5.73 Å². The van der Waals surface area contributed by atoms with Gasteiger partial charge in [-0.25, -0.2) is 0 Å². The Morgan fingerprint density at radius 1 is 0.360 bits per heavy atom. The Morgan fingerprint density at radius 2 is 0.653 bits per heavy atom. The molecule has 6 aliphatic rings. The number of ketones is 1. The molecular weight excluding hydrogens is 1150 g/mol. The number of hydrogen-bond donors (Lipinski definition) is 23.